The molecule has 2 amide bonds. The van der Waals surface area contributed by atoms with E-state index in [2.05, 4.69) is 6.07 Å². The monoisotopic (exact) mass is 280 g/mol. The SMILES string of the molecule is N#CC12CCC(CC1)[C@H]1C(=O)N(c3ccccc3)C(=O)[C@@H]12. The van der Waals surface area contributed by atoms with E-state index in [-0.39, 0.29) is 23.7 Å². The van der Waals surface area contributed by atoms with Crippen molar-refractivity contribution in [2.24, 2.45) is 23.2 Å². The Hall–Kier alpha value is -2.15. The van der Waals surface area contributed by atoms with Crippen molar-refractivity contribution in [1.82, 2.24) is 0 Å². The van der Waals surface area contributed by atoms with E-state index < -0.39 is 11.3 Å². The van der Waals surface area contributed by atoms with Gasteiger partial charge in [-0.3, -0.25) is 9.59 Å². The van der Waals surface area contributed by atoms with Crippen LogP contribution in [0.25, 0.3) is 0 Å². The summed E-state index contributed by atoms with van der Waals surface area (Å²) in [6.45, 7) is 0. The lowest BCUT2D eigenvalue weighted by molar-refractivity contribution is -0.133. The van der Waals surface area contributed by atoms with Crippen LogP contribution in [0, 0.1) is 34.5 Å². The molecule has 1 heterocycles. The summed E-state index contributed by atoms with van der Waals surface area (Å²) in [6, 6.07) is 11.5. The minimum atomic E-state index is -0.615. The number of hydrogen-bond donors (Lipinski definition) is 0. The number of fused-ring (bicyclic) bond motifs is 2. The van der Waals surface area contributed by atoms with E-state index in [1.54, 1.807) is 12.1 Å². The van der Waals surface area contributed by atoms with Crippen molar-refractivity contribution in [3.63, 3.8) is 0 Å². The third-order valence-corrected chi connectivity index (χ3v) is 5.61. The largest absolute Gasteiger partial charge is 0.274 e. The molecule has 2 bridgehead atoms. The zero-order chi connectivity index (χ0) is 14.6. The fraction of sp³-hybridized carbons (Fsp3) is 0.471. The summed E-state index contributed by atoms with van der Waals surface area (Å²) < 4.78 is 0. The maximum absolute atomic E-state index is 12.9. The molecule has 0 unspecified atom stereocenters. The van der Waals surface area contributed by atoms with Gasteiger partial charge in [-0.1, -0.05) is 18.2 Å². The van der Waals surface area contributed by atoms with Gasteiger partial charge in [-0.2, -0.15) is 5.26 Å². The van der Waals surface area contributed by atoms with Crippen molar-refractivity contribution in [3.8, 4) is 6.07 Å². The third-order valence-electron chi connectivity index (χ3n) is 5.61. The van der Waals surface area contributed by atoms with Gasteiger partial charge in [0.25, 0.3) is 0 Å². The molecular formula is C17H16N2O2. The molecule has 106 valence electrons. The number of anilines is 1. The summed E-state index contributed by atoms with van der Waals surface area (Å²) in [5, 5.41) is 9.64. The zero-order valence-electron chi connectivity index (χ0n) is 11.7. The van der Waals surface area contributed by atoms with Crippen LogP contribution in [0.3, 0.4) is 0 Å². The number of carbonyl (C=O) groups is 2. The molecule has 5 rings (SSSR count). The van der Waals surface area contributed by atoms with Gasteiger partial charge in [0, 0.05) is 0 Å². The average Bonchev–Trinajstić information content (AvgIpc) is 2.83. The summed E-state index contributed by atoms with van der Waals surface area (Å²) in [7, 11) is 0. The van der Waals surface area contributed by atoms with Crippen LogP contribution in [0.1, 0.15) is 25.7 Å². The van der Waals surface area contributed by atoms with Gasteiger partial charge >= 0.3 is 0 Å². The molecule has 4 heteroatoms. The first-order chi connectivity index (χ1) is 10.2. The highest BCUT2D eigenvalue weighted by molar-refractivity contribution is 6.22. The summed E-state index contributed by atoms with van der Waals surface area (Å²) in [6.07, 6.45) is 3.32. The number of carbonyl (C=O) groups excluding carboxylic acids is 2. The van der Waals surface area contributed by atoms with Gasteiger partial charge in [-0.25, -0.2) is 4.90 Å². The lowest BCUT2D eigenvalue weighted by Gasteiger charge is -2.48. The molecule has 0 spiro atoms. The van der Waals surface area contributed by atoms with E-state index in [0.717, 1.165) is 25.7 Å². The predicted molar refractivity (Wildman–Crippen MR) is 75.9 cm³/mol. The number of rotatable bonds is 1. The normalized spacial score (nSPS) is 37.5. The van der Waals surface area contributed by atoms with Crippen molar-refractivity contribution in [2.75, 3.05) is 4.90 Å². The van der Waals surface area contributed by atoms with Crippen LogP contribution in [-0.2, 0) is 9.59 Å². The van der Waals surface area contributed by atoms with Gasteiger partial charge < -0.3 is 0 Å². The summed E-state index contributed by atoms with van der Waals surface area (Å²) in [4.78, 5) is 27.0. The number of nitrogens with zero attached hydrogens (tertiary/aromatic N) is 2. The summed E-state index contributed by atoms with van der Waals surface area (Å²) in [5.74, 6) is -0.694. The lowest BCUT2D eigenvalue weighted by Crippen LogP contribution is -2.49. The molecule has 1 aliphatic heterocycles. The maximum Gasteiger partial charge on any atom is 0.239 e. The first-order valence-electron chi connectivity index (χ1n) is 7.52. The standard InChI is InChI=1S/C17H16N2O2/c18-10-17-8-6-11(7-9-17)13-14(17)16(21)19(15(13)20)12-4-2-1-3-5-12/h1-5,11,13-14H,6-9H2/t11?,13-,14-,17?/m1/s1. The molecule has 4 fully saturated rings. The molecule has 3 aliphatic carbocycles. The van der Waals surface area contributed by atoms with Gasteiger partial charge in [0.1, 0.15) is 0 Å². The Labute approximate surface area is 123 Å². The molecule has 1 aromatic rings. The van der Waals surface area contributed by atoms with Crippen molar-refractivity contribution < 1.29 is 9.59 Å². The molecule has 2 atom stereocenters. The minimum absolute atomic E-state index is 0.0970. The highest BCUT2D eigenvalue weighted by Gasteiger charge is 2.64. The van der Waals surface area contributed by atoms with Crippen LogP contribution < -0.4 is 4.90 Å². The lowest BCUT2D eigenvalue weighted by atomic mass is 9.52. The topological polar surface area (TPSA) is 61.2 Å². The number of amides is 2. The van der Waals surface area contributed by atoms with Crippen molar-refractivity contribution >= 4 is 17.5 Å². The average molecular weight is 280 g/mol. The molecule has 0 N–H and O–H groups in total. The van der Waals surface area contributed by atoms with Crippen LogP contribution in [0.5, 0.6) is 0 Å². The zero-order valence-corrected chi connectivity index (χ0v) is 11.7. The molecule has 0 radical (unpaired) electrons. The summed E-state index contributed by atoms with van der Waals surface area (Å²) >= 11 is 0. The van der Waals surface area contributed by atoms with Gasteiger partial charge in [0.2, 0.25) is 11.8 Å². The second kappa shape index (κ2) is 4.17. The number of para-hydroxylation sites is 1. The van der Waals surface area contributed by atoms with E-state index in [4.69, 9.17) is 0 Å². The number of nitriles is 1. The summed E-state index contributed by atoms with van der Waals surface area (Å²) in [5.41, 5.74) is 0.0183. The van der Waals surface area contributed by atoms with Gasteiger partial charge in [0.05, 0.1) is 29.0 Å². The molecular weight excluding hydrogens is 264 g/mol. The molecule has 3 saturated carbocycles. The van der Waals surface area contributed by atoms with Crippen molar-refractivity contribution in [2.45, 2.75) is 25.7 Å². The van der Waals surface area contributed by atoms with Gasteiger partial charge in [-0.05, 0) is 43.7 Å². The highest BCUT2D eigenvalue weighted by atomic mass is 16.2. The van der Waals surface area contributed by atoms with Crippen molar-refractivity contribution in [3.05, 3.63) is 30.3 Å². The smallest absolute Gasteiger partial charge is 0.239 e. The number of hydrogen-bond acceptors (Lipinski definition) is 3. The maximum atomic E-state index is 12.9. The van der Waals surface area contributed by atoms with E-state index >= 15 is 0 Å². The molecule has 1 saturated heterocycles. The Bertz CT molecular complexity index is 653. The molecule has 0 aromatic heterocycles. The van der Waals surface area contributed by atoms with Gasteiger partial charge in [-0.15, -0.1) is 0 Å². The predicted octanol–water partition coefficient (Wildman–Crippen LogP) is 2.51. The Kier molecular flexibility index (Phi) is 2.50. The fourth-order valence-electron chi connectivity index (χ4n) is 4.59. The third kappa shape index (κ3) is 1.49. The number of imide groups is 1. The second-order valence-electron chi connectivity index (χ2n) is 6.46. The van der Waals surface area contributed by atoms with Crippen LogP contribution in [0.2, 0.25) is 0 Å². The molecule has 1 aromatic carbocycles. The van der Waals surface area contributed by atoms with Gasteiger partial charge in [0.15, 0.2) is 0 Å². The van der Waals surface area contributed by atoms with Crippen LogP contribution >= 0.6 is 0 Å². The van der Waals surface area contributed by atoms with E-state index in [1.807, 2.05) is 18.2 Å². The van der Waals surface area contributed by atoms with E-state index in [0.29, 0.717) is 5.69 Å². The molecule has 4 aliphatic rings. The first kappa shape index (κ1) is 12.6. The van der Waals surface area contributed by atoms with Crippen LogP contribution in [-0.4, -0.2) is 11.8 Å². The highest BCUT2D eigenvalue weighted by Crippen LogP contribution is 2.59. The molecule has 4 nitrogen and oxygen atoms in total. The quantitative estimate of drug-likeness (QED) is 0.743. The van der Waals surface area contributed by atoms with Crippen molar-refractivity contribution in [1.29, 1.82) is 5.26 Å². The second-order valence-corrected chi connectivity index (χ2v) is 6.46. The Morgan fingerprint density at radius 3 is 2.38 bits per heavy atom. The fourth-order valence-corrected chi connectivity index (χ4v) is 4.59. The van der Waals surface area contributed by atoms with Crippen LogP contribution in [0.4, 0.5) is 5.69 Å². The first-order valence-corrected chi connectivity index (χ1v) is 7.52. The van der Waals surface area contributed by atoms with Crippen LogP contribution in [0.15, 0.2) is 30.3 Å². The molecule has 21 heavy (non-hydrogen) atoms. The van der Waals surface area contributed by atoms with E-state index in [1.165, 1.54) is 4.90 Å². The Balaban J connectivity index is 1.81. The Morgan fingerprint density at radius 2 is 1.76 bits per heavy atom. The minimum Gasteiger partial charge on any atom is -0.274 e. The number of benzene rings is 1. The van der Waals surface area contributed by atoms with E-state index in [9.17, 15) is 14.9 Å². The Morgan fingerprint density at radius 1 is 1.10 bits per heavy atom.